The van der Waals surface area contributed by atoms with Crippen molar-refractivity contribution in [2.75, 3.05) is 16.8 Å². The Kier molecular flexibility index (Phi) is 5.54. The van der Waals surface area contributed by atoms with E-state index in [4.69, 9.17) is 5.73 Å². The average Bonchev–Trinajstić information content (AvgIpc) is 3.25. The van der Waals surface area contributed by atoms with Gasteiger partial charge in [-0.25, -0.2) is 5.10 Å². The summed E-state index contributed by atoms with van der Waals surface area (Å²) in [5.74, 6) is -0.0703. The summed E-state index contributed by atoms with van der Waals surface area (Å²) in [4.78, 5) is 28.6. The number of nitrogens with one attached hydrogen (secondary N) is 3. The number of nitrogen functional groups attached to an aromatic ring is 1. The number of thioether (sulfide) groups is 1. The van der Waals surface area contributed by atoms with Crippen molar-refractivity contribution in [1.82, 2.24) is 20.5 Å². The minimum absolute atomic E-state index is 0.121. The van der Waals surface area contributed by atoms with Gasteiger partial charge in [-0.2, -0.15) is 4.98 Å². The number of aromatic nitrogens is 3. The van der Waals surface area contributed by atoms with Crippen molar-refractivity contribution in [2.24, 2.45) is 0 Å². The number of nitrogens with two attached hydrogens (primary N) is 1. The van der Waals surface area contributed by atoms with Gasteiger partial charge in [0, 0.05) is 6.04 Å². The summed E-state index contributed by atoms with van der Waals surface area (Å²) in [6.07, 6.45) is 4.31. The third kappa shape index (κ3) is 4.72. The number of amides is 2. The number of carbonyl (C=O) groups is 2. The molecule has 1 heterocycles. The van der Waals surface area contributed by atoms with E-state index in [-0.39, 0.29) is 29.6 Å². The monoisotopic (exact) mass is 360 g/mol. The summed E-state index contributed by atoms with van der Waals surface area (Å²) in [6, 6.07) is 7.22. The number of aromatic amines is 1. The van der Waals surface area contributed by atoms with Crippen LogP contribution >= 0.6 is 11.8 Å². The lowest BCUT2D eigenvalue weighted by molar-refractivity contribution is -0.113. The first kappa shape index (κ1) is 17.3. The van der Waals surface area contributed by atoms with Crippen molar-refractivity contribution in [3.05, 3.63) is 29.8 Å². The zero-order valence-electron chi connectivity index (χ0n) is 13.6. The molecule has 1 aromatic carbocycles. The van der Waals surface area contributed by atoms with Crippen LogP contribution in [0.1, 0.15) is 36.0 Å². The van der Waals surface area contributed by atoms with Crippen molar-refractivity contribution in [1.29, 1.82) is 0 Å². The zero-order valence-corrected chi connectivity index (χ0v) is 14.4. The van der Waals surface area contributed by atoms with E-state index in [2.05, 4.69) is 25.8 Å². The molecule has 0 unspecified atom stereocenters. The predicted molar refractivity (Wildman–Crippen MR) is 96.3 cm³/mol. The number of rotatable bonds is 6. The van der Waals surface area contributed by atoms with Crippen LogP contribution in [0.25, 0.3) is 0 Å². The van der Waals surface area contributed by atoms with E-state index in [9.17, 15) is 9.59 Å². The van der Waals surface area contributed by atoms with E-state index in [1.165, 1.54) is 0 Å². The van der Waals surface area contributed by atoms with Gasteiger partial charge < -0.3 is 16.4 Å². The van der Waals surface area contributed by atoms with Crippen LogP contribution in [0.4, 0.5) is 11.6 Å². The first-order valence-corrected chi connectivity index (χ1v) is 9.11. The van der Waals surface area contributed by atoms with Crippen LogP contribution < -0.4 is 16.4 Å². The molecule has 1 aliphatic rings. The molecule has 9 heteroatoms. The molecule has 132 valence electrons. The molecule has 1 fully saturated rings. The highest BCUT2D eigenvalue weighted by atomic mass is 32.2. The van der Waals surface area contributed by atoms with Crippen LogP contribution in [0.2, 0.25) is 0 Å². The highest BCUT2D eigenvalue weighted by molar-refractivity contribution is 7.99. The topological polar surface area (TPSA) is 126 Å². The molecule has 0 spiro atoms. The second-order valence-corrected chi connectivity index (χ2v) is 6.78. The molecular formula is C16H20N6O2S. The van der Waals surface area contributed by atoms with Gasteiger partial charge in [0.2, 0.25) is 17.0 Å². The maximum Gasteiger partial charge on any atom is 0.253 e. The number of para-hydroxylation sites is 1. The quantitative estimate of drug-likeness (QED) is 0.582. The van der Waals surface area contributed by atoms with Gasteiger partial charge in [-0.15, -0.1) is 5.10 Å². The van der Waals surface area contributed by atoms with E-state index in [1.54, 1.807) is 24.3 Å². The lowest BCUT2D eigenvalue weighted by Crippen LogP contribution is -2.33. The van der Waals surface area contributed by atoms with Crippen molar-refractivity contribution in [3.63, 3.8) is 0 Å². The van der Waals surface area contributed by atoms with Gasteiger partial charge in [-0.1, -0.05) is 36.7 Å². The number of benzene rings is 1. The van der Waals surface area contributed by atoms with Gasteiger partial charge >= 0.3 is 0 Å². The summed E-state index contributed by atoms with van der Waals surface area (Å²) >= 11 is 1.16. The summed E-state index contributed by atoms with van der Waals surface area (Å²) in [6.45, 7) is 0. The first-order valence-electron chi connectivity index (χ1n) is 8.12. The fourth-order valence-electron chi connectivity index (χ4n) is 2.76. The maximum absolute atomic E-state index is 12.5. The minimum Gasteiger partial charge on any atom is -0.368 e. The third-order valence-corrected chi connectivity index (χ3v) is 4.80. The van der Waals surface area contributed by atoms with E-state index in [1.807, 2.05) is 0 Å². The van der Waals surface area contributed by atoms with E-state index in [0.29, 0.717) is 16.4 Å². The predicted octanol–water partition coefficient (Wildman–Crippen LogP) is 1.79. The number of H-pyrrole nitrogens is 1. The van der Waals surface area contributed by atoms with E-state index < -0.39 is 0 Å². The van der Waals surface area contributed by atoms with Crippen LogP contribution in [-0.2, 0) is 4.79 Å². The molecule has 0 saturated heterocycles. The largest absolute Gasteiger partial charge is 0.368 e. The fraction of sp³-hybridized carbons (Fsp3) is 0.375. The molecule has 0 aliphatic heterocycles. The molecule has 8 nitrogen and oxygen atoms in total. The van der Waals surface area contributed by atoms with Crippen molar-refractivity contribution in [3.8, 4) is 0 Å². The Morgan fingerprint density at radius 1 is 1.28 bits per heavy atom. The van der Waals surface area contributed by atoms with Gasteiger partial charge in [0.1, 0.15) is 0 Å². The Bertz CT molecular complexity index is 757. The standard InChI is InChI=1S/C16H20N6O2S/c17-15-20-16(22-21-15)25-9-13(23)19-12-8-4-3-7-11(12)14(24)18-10-5-1-2-6-10/h3-4,7-8,10H,1-2,5-6,9H2,(H,18,24)(H,19,23)(H3,17,20,21,22). The van der Waals surface area contributed by atoms with Crippen LogP contribution in [0.15, 0.2) is 29.4 Å². The number of carbonyl (C=O) groups excluding carboxylic acids is 2. The third-order valence-electron chi connectivity index (χ3n) is 3.95. The average molecular weight is 360 g/mol. The smallest absolute Gasteiger partial charge is 0.253 e. The maximum atomic E-state index is 12.5. The van der Waals surface area contributed by atoms with Crippen molar-refractivity contribution < 1.29 is 9.59 Å². The molecule has 25 heavy (non-hydrogen) atoms. The lowest BCUT2D eigenvalue weighted by atomic mass is 10.1. The molecule has 1 saturated carbocycles. The molecule has 1 aliphatic carbocycles. The van der Waals surface area contributed by atoms with Gasteiger partial charge in [0.15, 0.2) is 0 Å². The molecule has 2 aromatic rings. The molecular weight excluding hydrogens is 340 g/mol. The highest BCUT2D eigenvalue weighted by Gasteiger charge is 2.20. The Balaban J connectivity index is 1.59. The molecule has 0 radical (unpaired) electrons. The molecule has 2 amide bonds. The number of hydrogen-bond donors (Lipinski definition) is 4. The summed E-state index contributed by atoms with van der Waals surface area (Å²) in [5.41, 5.74) is 6.41. The van der Waals surface area contributed by atoms with Crippen molar-refractivity contribution >= 4 is 35.2 Å². The van der Waals surface area contributed by atoms with E-state index >= 15 is 0 Å². The van der Waals surface area contributed by atoms with Gasteiger partial charge in [-0.05, 0) is 25.0 Å². The summed E-state index contributed by atoms with van der Waals surface area (Å²) in [5, 5.41) is 12.6. The van der Waals surface area contributed by atoms with E-state index in [0.717, 1.165) is 37.4 Å². The minimum atomic E-state index is -0.241. The Morgan fingerprint density at radius 2 is 2.04 bits per heavy atom. The van der Waals surface area contributed by atoms with Crippen molar-refractivity contribution in [2.45, 2.75) is 36.9 Å². The molecule has 0 bridgehead atoms. The summed E-state index contributed by atoms with van der Waals surface area (Å²) < 4.78 is 0. The van der Waals surface area contributed by atoms with Crippen LogP contribution in [0.5, 0.6) is 0 Å². The Labute approximate surface area is 149 Å². The fourth-order valence-corrected chi connectivity index (χ4v) is 3.37. The lowest BCUT2D eigenvalue weighted by Gasteiger charge is -2.14. The second kappa shape index (κ2) is 8.02. The number of nitrogens with zero attached hydrogens (tertiary/aromatic N) is 2. The Hall–Kier alpha value is -2.55. The molecule has 3 rings (SSSR count). The normalized spacial score (nSPS) is 14.4. The molecule has 0 atom stereocenters. The van der Waals surface area contributed by atoms with Gasteiger partial charge in [0.05, 0.1) is 17.0 Å². The van der Waals surface area contributed by atoms with Crippen LogP contribution in [-0.4, -0.2) is 38.8 Å². The SMILES string of the molecule is Nc1nc(SCC(=O)Nc2ccccc2C(=O)NC2CCCC2)n[nH]1. The van der Waals surface area contributed by atoms with Crippen LogP contribution in [0.3, 0.4) is 0 Å². The molecule has 1 aromatic heterocycles. The summed E-state index contributed by atoms with van der Waals surface area (Å²) in [7, 11) is 0. The zero-order chi connectivity index (χ0) is 17.6. The van der Waals surface area contributed by atoms with Crippen LogP contribution in [0, 0.1) is 0 Å². The number of anilines is 2. The van der Waals surface area contributed by atoms with Gasteiger partial charge in [0.25, 0.3) is 5.91 Å². The highest BCUT2D eigenvalue weighted by Crippen LogP contribution is 2.21. The molecule has 5 N–H and O–H groups in total. The first-order chi connectivity index (χ1) is 12.1. The van der Waals surface area contributed by atoms with Gasteiger partial charge in [-0.3, -0.25) is 9.59 Å². The number of hydrogen-bond acceptors (Lipinski definition) is 6. The Morgan fingerprint density at radius 3 is 2.76 bits per heavy atom. The second-order valence-electron chi connectivity index (χ2n) is 5.84.